The molecule has 0 atom stereocenters. The van der Waals surface area contributed by atoms with Crippen LogP contribution in [0.15, 0.2) is 71.6 Å². The van der Waals surface area contributed by atoms with E-state index in [-0.39, 0.29) is 16.3 Å². The van der Waals surface area contributed by atoms with Crippen LogP contribution in [-0.2, 0) is 20.6 Å². The highest BCUT2D eigenvalue weighted by atomic mass is 35.5. The Morgan fingerprint density at radius 2 is 1.67 bits per heavy atom. The molecule has 0 aliphatic carbocycles. The predicted molar refractivity (Wildman–Crippen MR) is 141 cm³/mol. The number of hydrogen-bond acceptors (Lipinski definition) is 6. The van der Waals surface area contributed by atoms with Crippen molar-refractivity contribution in [1.82, 2.24) is 5.32 Å². The van der Waals surface area contributed by atoms with Gasteiger partial charge in [0.1, 0.15) is 12.4 Å². The molecule has 0 heterocycles. The zero-order valence-corrected chi connectivity index (χ0v) is 22.1. The average Bonchev–Trinajstić information content (AvgIpc) is 2.88. The van der Waals surface area contributed by atoms with Crippen molar-refractivity contribution in [3.63, 3.8) is 0 Å². The van der Waals surface area contributed by atoms with Gasteiger partial charge < -0.3 is 14.8 Å². The first kappa shape index (κ1) is 27.6. The first-order valence-corrected chi connectivity index (χ1v) is 13.8. The molecule has 0 aromatic heterocycles. The zero-order chi connectivity index (χ0) is 26.1. The van der Waals surface area contributed by atoms with Crippen molar-refractivity contribution in [3.05, 3.63) is 83.1 Å². The fourth-order valence-electron chi connectivity index (χ4n) is 3.25. The smallest absolute Gasteiger partial charge is 0.264 e. The van der Waals surface area contributed by atoms with Crippen molar-refractivity contribution in [2.45, 2.75) is 10.6 Å². The molecule has 7 nitrogen and oxygen atoms in total. The van der Waals surface area contributed by atoms with Gasteiger partial charge in [-0.2, -0.15) is 11.8 Å². The maximum atomic E-state index is 13.5. The number of benzene rings is 3. The maximum absolute atomic E-state index is 13.5. The average molecular weight is 553 g/mol. The summed E-state index contributed by atoms with van der Waals surface area (Å²) in [5.41, 5.74) is 1.26. The number of nitrogens with zero attached hydrogens (tertiary/aromatic N) is 1. The number of rotatable bonds is 12. The molecular weight excluding hydrogens is 527 g/mol. The van der Waals surface area contributed by atoms with Gasteiger partial charge in [-0.25, -0.2) is 12.8 Å². The van der Waals surface area contributed by atoms with Gasteiger partial charge in [-0.05, 0) is 54.1 Å². The van der Waals surface area contributed by atoms with Gasteiger partial charge in [0.25, 0.3) is 10.0 Å². The number of sulfonamides is 1. The highest BCUT2D eigenvalue weighted by Crippen LogP contribution is 2.32. The number of hydrogen-bond donors (Lipinski definition) is 1. The Morgan fingerprint density at radius 1 is 1.00 bits per heavy atom. The standard InChI is InChI=1S/C25H26ClFN2O5S2/c1-33-23-12-11-22(15-24(23)34-2)36(31,32)29(21-9-7-20(27)8-10-21)16-25(30)28-13-14-35-17-18-3-5-19(26)6-4-18/h3-12,15H,13-14,16-17H2,1-2H3,(H,28,30). The molecule has 0 saturated heterocycles. The van der Waals surface area contributed by atoms with Crippen LogP contribution in [0, 0.1) is 5.82 Å². The van der Waals surface area contributed by atoms with Crippen molar-refractivity contribution >= 4 is 45.0 Å². The van der Waals surface area contributed by atoms with Crippen molar-refractivity contribution in [2.75, 3.05) is 37.4 Å². The third-order valence-corrected chi connectivity index (χ3v) is 8.15. The summed E-state index contributed by atoms with van der Waals surface area (Å²) in [5, 5.41) is 3.42. The monoisotopic (exact) mass is 552 g/mol. The molecule has 0 fully saturated rings. The molecule has 192 valence electrons. The van der Waals surface area contributed by atoms with E-state index in [2.05, 4.69) is 5.32 Å². The van der Waals surface area contributed by atoms with Gasteiger partial charge in [0.05, 0.1) is 24.8 Å². The van der Waals surface area contributed by atoms with Crippen LogP contribution < -0.4 is 19.1 Å². The number of anilines is 1. The lowest BCUT2D eigenvalue weighted by atomic mass is 10.2. The fourth-order valence-corrected chi connectivity index (χ4v) is 5.63. The lowest BCUT2D eigenvalue weighted by molar-refractivity contribution is -0.119. The summed E-state index contributed by atoms with van der Waals surface area (Å²) in [7, 11) is -1.36. The van der Waals surface area contributed by atoms with Gasteiger partial charge in [0, 0.05) is 29.1 Å². The van der Waals surface area contributed by atoms with E-state index < -0.39 is 28.3 Å². The second-order valence-electron chi connectivity index (χ2n) is 7.53. The van der Waals surface area contributed by atoms with Gasteiger partial charge in [0.2, 0.25) is 5.91 Å². The molecule has 1 N–H and O–H groups in total. The van der Waals surface area contributed by atoms with Crippen molar-refractivity contribution in [2.24, 2.45) is 0 Å². The molecule has 3 aromatic rings. The van der Waals surface area contributed by atoms with E-state index in [1.54, 1.807) is 11.8 Å². The van der Waals surface area contributed by atoms with Gasteiger partial charge in [-0.15, -0.1) is 0 Å². The van der Waals surface area contributed by atoms with Crippen LogP contribution in [0.2, 0.25) is 5.02 Å². The summed E-state index contributed by atoms with van der Waals surface area (Å²) < 4.78 is 51.9. The summed E-state index contributed by atoms with van der Waals surface area (Å²) in [6.45, 7) is -0.130. The van der Waals surface area contributed by atoms with E-state index in [0.717, 1.165) is 27.8 Å². The van der Waals surface area contributed by atoms with Crippen molar-refractivity contribution in [1.29, 1.82) is 0 Å². The van der Waals surface area contributed by atoms with E-state index in [1.807, 2.05) is 24.3 Å². The number of methoxy groups -OCH3 is 2. The van der Waals surface area contributed by atoms with Gasteiger partial charge in [-0.1, -0.05) is 23.7 Å². The first-order valence-electron chi connectivity index (χ1n) is 10.8. The van der Waals surface area contributed by atoms with Crippen LogP contribution >= 0.6 is 23.4 Å². The molecule has 0 radical (unpaired) electrons. The number of nitrogens with one attached hydrogen (secondary N) is 1. The SMILES string of the molecule is COc1ccc(S(=O)(=O)N(CC(=O)NCCSCc2ccc(Cl)cc2)c2ccc(F)cc2)cc1OC. The number of halogens is 2. The van der Waals surface area contributed by atoms with E-state index in [4.69, 9.17) is 21.1 Å². The topological polar surface area (TPSA) is 84.9 Å². The van der Waals surface area contributed by atoms with E-state index in [0.29, 0.717) is 23.1 Å². The Hall–Kier alpha value is -2.95. The third kappa shape index (κ3) is 7.28. The highest BCUT2D eigenvalue weighted by Gasteiger charge is 2.28. The first-order chi connectivity index (χ1) is 17.2. The van der Waals surface area contributed by atoms with E-state index >= 15 is 0 Å². The highest BCUT2D eigenvalue weighted by molar-refractivity contribution is 7.98. The molecule has 1 amide bonds. The largest absolute Gasteiger partial charge is 0.493 e. The van der Waals surface area contributed by atoms with E-state index in [9.17, 15) is 17.6 Å². The second kappa shape index (κ2) is 12.8. The number of thioether (sulfide) groups is 1. The van der Waals surface area contributed by atoms with Crippen LogP contribution in [0.3, 0.4) is 0 Å². The Bertz CT molecular complexity index is 1270. The quantitative estimate of drug-likeness (QED) is 0.327. The third-order valence-electron chi connectivity index (χ3n) is 5.10. The summed E-state index contributed by atoms with van der Waals surface area (Å²) >= 11 is 7.52. The van der Waals surface area contributed by atoms with Gasteiger partial charge in [0.15, 0.2) is 11.5 Å². The molecular formula is C25H26ClFN2O5S2. The Morgan fingerprint density at radius 3 is 2.31 bits per heavy atom. The zero-order valence-electron chi connectivity index (χ0n) is 19.7. The van der Waals surface area contributed by atoms with E-state index in [1.165, 1.54) is 44.6 Å². The maximum Gasteiger partial charge on any atom is 0.264 e. The molecule has 0 spiro atoms. The molecule has 11 heteroatoms. The van der Waals surface area contributed by atoms with Crippen LogP contribution in [0.5, 0.6) is 11.5 Å². The molecule has 0 aliphatic rings. The molecule has 0 bridgehead atoms. The molecule has 0 saturated carbocycles. The summed E-state index contributed by atoms with van der Waals surface area (Å²) in [5.74, 6) is 0.953. The van der Waals surface area contributed by atoms with Crippen LogP contribution in [0.25, 0.3) is 0 Å². The molecule has 0 unspecified atom stereocenters. The summed E-state index contributed by atoms with van der Waals surface area (Å²) in [4.78, 5) is 12.6. The second-order valence-corrected chi connectivity index (χ2v) is 10.9. The molecule has 36 heavy (non-hydrogen) atoms. The fraction of sp³-hybridized carbons (Fsp3) is 0.240. The van der Waals surface area contributed by atoms with Crippen LogP contribution in [0.1, 0.15) is 5.56 Å². The number of carbonyl (C=O) groups excluding carboxylic acids is 1. The van der Waals surface area contributed by atoms with Crippen molar-refractivity contribution in [3.8, 4) is 11.5 Å². The Kier molecular flexibility index (Phi) is 9.86. The molecule has 0 aliphatic heterocycles. The lowest BCUT2D eigenvalue weighted by Gasteiger charge is -2.24. The normalized spacial score (nSPS) is 11.1. The summed E-state index contributed by atoms with van der Waals surface area (Å²) in [6, 6.07) is 16.5. The minimum atomic E-state index is -4.20. The summed E-state index contributed by atoms with van der Waals surface area (Å²) in [6.07, 6.45) is 0. The number of carbonyl (C=O) groups is 1. The minimum absolute atomic E-state index is 0.101. The lowest BCUT2D eigenvalue weighted by Crippen LogP contribution is -2.41. The number of ether oxygens (including phenoxy) is 2. The molecule has 3 rings (SSSR count). The molecule has 3 aromatic carbocycles. The van der Waals surface area contributed by atoms with Crippen molar-refractivity contribution < 1.29 is 27.1 Å². The van der Waals surface area contributed by atoms with Gasteiger partial charge in [-0.3, -0.25) is 9.10 Å². The number of amides is 1. The predicted octanol–water partition coefficient (Wildman–Crippen LogP) is 4.74. The van der Waals surface area contributed by atoms with Crippen LogP contribution in [-0.4, -0.2) is 47.4 Å². The van der Waals surface area contributed by atoms with Gasteiger partial charge >= 0.3 is 0 Å². The Labute approximate surface area is 219 Å². The Balaban J connectivity index is 1.70. The van der Waals surface area contributed by atoms with Crippen LogP contribution in [0.4, 0.5) is 10.1 Å². The minimum Gasteiger partial charge on any atom is -0.493 e.